The van der Waals surface area contributed by atoms with Crippen molar-refractivity contribution in [3.05, 3.63) is 42.5 Å². The predicted octanol–water partition coefficient (Wildman–Crippen LogP) is 2.82. The van der Waals surface area contributed by atoms with E-state index in [0.29, 0.717) is 5.75 Å². The van der Waals surface area contributed by atoms with Crippen LogP contribution in [0.5, 0.6) is 5.75 Å². The Balaban J connectivity index is 1.82. The van der Waals surface area contributed by atoms with E-state index in [1.807, 2.05) is 0 Å². The molecular weight excluding hydrogens is 404 g/mol. The maximum atomic E-state index is 11.9. The molecule has 2 aromatic rings. The van der Waals surface area contributed by atoms with Crippen molar-refractivity contribution in [2.24, 2.45) is 10.2 Å². The molecule has 164 valence electrons. The van der Waals surface area contributed by atoms with E-state index < -0.39 is 23.6 Å². The number of hydrogen-bond acceptors (Lipinski definition) is 9. The number of rotatable bonds is 7. The van der Waals surface area contributed by atoms with Gasteiger partial charge in [0.15, 0.2) is 12.4 Å². The zero-order chi connectivity index (χ0) is 22.9. The normalized spacial score (nSPS) is 11.1. The summed E-state index contributed by atoms with van der Waals surface area (Å²) >= 11 is 0. The Morgan fingerprint density at radius 1 is 1.10 bits per heavy atom. The summed E-state index contributed by atoms with van der Waals surface area (Å²) in [6.07, 6.45) is -0.711. The van der Waals surface area contributed by atoms with Crippen LogP contribution in [0.15, 0.2) is 52.7 Å². The lowest BCUT2D eigenvalue weighted by Crippen LogP contribution is -2.37. The molecule has 1 heterocycles. The number of aromatic nitrogens is 1. The number of amides is 2. The molecule has 4 N–H and O–H groups in total. The number of anilines is 2. The predicted molar refractivity (Wildman–Crippen MR) is 113 cm³/mol. The van der Waals surface area contributed by atoms with Gasteiger partial charge in [0, 0.05) is 0 Å². The largest absolute Gasteiger partial charge is 0.444 e. The second-order valence-electron chi connectivity index (χ2n) is 7.19. The zero-order valence-corrected chi connectivity index (χ0v) is 17.4. The lowest BCUT2D eigenvalue weighted by atomic mass is 10.2. The van der Waals surface area contributed by atoms with Crippen molar-refractivity contribution in [1.82, 2.24) is 10.3 Å². The molecule has 11 nitrogen and oxygen atoms in total. The maximum absolute atomic E-state index is 11.9. The Labute approximate surface area is 179 Å². The standard InChI is InChI=1S/C20H24N6O5/c1-20(2,3)31-19(29)22-11-16(27)24-15-10-9-14(18(21)25-15)26-23-12-17(28)30-13-7-5-4-6-8-13/h4-10H,11-12H2,1-3H3,(H,22,29)(H3,21,24,25,27)/b26-23+. The van der Waals surface area contributed by atoms with Crippen LogP contribution in [0.4, 0.5) is 22.1 Å². The minimum absolute atomic E-state index is 0.00178. The summed E-state index contributed by atoms with van der Waals surface area (Å²) in [7, 11) is 0. The molecule has 1 aromatic carbocycles. The monoisotopic (exact) mass is 428 g/mol. The third-order valence-electron chi connectivity index (χ3n) is 3.32. The Bertz CT molecular complexity index is 956. The second kappa shape index (κ2) is 10.7. The molecule has 0 aliphatic rings. The molecule has 2 rings (SSSR count). The van der Waals surface area contributed by atoms with E-state index >= 15 is 0 Å². The second-order valence-corrected chi connectivity index (χ2v) is 7.19. The van der Waals surface area contributed by atoms with Gasteiger partial charge in [0.1, 0.15) is 29.4 Å². The number of nitrogens with one attached hydrogen (secondary N) is 2. The van der Waals surface area contributed by atoms with E-state index in [-0.39, 0.29) is 30.4 Å². The third-order valence-corrected chi connectivity index (χ3v) is 3.32. The Kier molecular flexibility index (Phi) is 8.01. The molecule has 31 heavy (non-hydrogen) atoms. The summed E-state index contributed by atoms with van der Waals surface area (Å²) in [6, 6.07) is 11.5. The number of esters is 1. The number of ether oxygens (including phenoxy) is 2. The molecular formula is C20H24N6O5. The fourth-order valence-electron chi connectivity index (χ4n) is 2.10. The van der Waals surface area contributed by atoms with E-state index in [9.17, 15) is 14.4 Å². The molecule has 0 aliphatic heterocycles. The van der Waals surface area contributed by atoms with Gasteiger partial charge in [-0.05, 0) is 45.0 Å². The average molecular weight is 428 g/mol. The van der Waals surface area contributed by atoms with Crippen molar-refractivity contribution < 1.29 is 23.9 Å². The van der Waals surface area contributed by atoms with Crippen LogP contribution in [0, 0.1) is 0 Å². The van der Waals surface area contributed by atoms with Crippen molar-refractivity contribution in [1.29, 1.82) is 0 Å². The first kappa shape index (κ1) is 23.3. The van der Waals surface area contributed by atoms with Gasteiger partial charge in [-0.3, -0.25) is 4.79 Å². The number of nitrogen functional groups attached to an aromatic ring is 1. The van der Waals surface area contributed by atoms with Gasteiger partial charge in [0.2, 0.25) is 5.91 Å². The van der Waals surface area contributed by atoms with Gasteiger partial charge < -0.3 is 25.8 Å². The highest BCUT2D eigenvalue weighted by atomic mass is 16.6. The van der Waals surface area contributed by atoms with Crippen LogP contribution in [0.2, 0.25) is 0 Å². The number of benzene rings is 1. The number of carbonyl (C=O) groups excluding carboxylic acids is 3. The van der Waals surface area contributed by atoms with Gasteiger partial charge in [-0.25, -0.2) is 14.6 Å². The highest BCUT2D eigenvalue weighted by Crippen LogP contribution is 2.22. The van der Waals surface area contributed by atoms with Crippen molar-refractivity contribution in [2.45, 2.75) is 26.4 Å². The van der Waals surface area contributed by atoms with Crippen LogP contribution in [-0.4, -0.2) is 41.6 Å². The molecule has 0 atom stereocenters. The lowest BCUT2D eigenvalue weighted by molar-refractivity contribution is -0.132. The molecule has 11 heteroatoms. The van der Waals surface area contributed by atoms with E-state index in [2.05, 4.69) is 25.8 Å². The number of azo groups is 1. The number of hydrogen-bond donors (Lipinski definition) is 3. The molecule has 0 spiro atoms. The summed E-state index contributed by atoms with van der Waals surface area (Å²) < 4.78 is 10.1. The van der Waals surface area contributed by atoms with Crippen LogP contribution in [-0.2, 0) is 14.3 Å². The Hall–Kier alpha value is -4.02. The molecule has 0 radical (unpaired) electrons. The molecule has 0 aliphatic carbocycles. The summed E-state index contributed by atoms with van der Waals surface area (Å²) in [4.78, 5) is 39.2. The van der Waals surface area contributed by atoms with Crippen LogP contribution in [0.25, 0.3) is 0 Å². The van der Waals surface area contributed by atoms with Gasteiger partial charge in [0.05, 0.1) is 0 Å². The zero-order valence-electron chi connectivity index (χ0n) is 17.4. The van der Waals surface area contributed by atoms with Crippen LogP contribution < -0.4 is 21.1 Å². The molecule has 2 amide bonds. The summed E-state index contributed by atoms with van der Waals surface area (Å²) in [5, 5.41) is 12.4. The van der Waals surface area contributed by atoms with Crippen molar-refractivity contribution in [2.75, 3.05) is 24.1 Å². The highest BCUT2D eigenvalue weighted by molar-refractivity contribution is 5.93. The minimum Gasteiger partial charge on any atom is -0.444 e. The molecule has 0 bridgehead atoms. The van der Waals surface area contributed by atoms with Gasteiger partial charge >= 0.3 is 12.1 Å². The summed E-state index contributed by atoms with van der Waals surface area (Å²) in [5.74, 6) is -0.530. The van der Waals surface area contributed by atoms with Crippen molar-refractivity contribution in [3.63, 3.8) is 0 Å². The number of alkyl carbamates (subject to hydrolysis) is 1. The van der Waals surface area contributed by atoms with E-state index in [1.54, 1.807) is 51.1 Å². The van der Waals surface area contributed by atoms with Crippen LogP contribution >= 0.6 is 0 Å². The fourth-order valence-corrected chi connectivity index (χ4v) is 2.10. The van der Waals surface area contributed by atoms with Crippen molar-refractivity contribution >= 4 is 35.3 Å². The lowest BCUT2D eigenvalue weighted by Gasteiger charge is -2.19. The SMILES string of the molecule is CC(C)(C)OC(=O)NCC(=O)Nc1ccc(/N=N/CC(=O)Oc2ccccc2)c(N)n1. The van der Waals surface area contributed by atoms with E-state index in [4.69, 9.17) is 15.2 Å². The van der Waals surface area contributed by atoms with E-state index in [1.165, 1.54) is 12.1 Å². The highest BCUT2D eigenvalue weighted by Gasteiger charge is 2.16. The Morgan fingerprint density at radius 2 is 1.81 bits per heavy atom. The van der Waals surface area contributed by atoms with E-state index in [0.717, 1.165) is 0 Å². The summed E-state index contributed by atoms with van der Waals surface area (Å²) in [5.41, 5.74) is 5.36. The number of carbonyl (C=O) groups is 3. The van der Waals surface area contributed by atoms with Crippen LogP contribution in [0.1, 0.15) is 20.8 Å². The number of nitrogens with two attached hydrogens (primary N) is 1. The van der Waals surface area contributed by atoms with Gasteiger partial charge in [-0.1, -0.05) is 18.2 Å². The minimum atomic E-state index is -0.711. The topological polar surface area (TPSA) is 157 Å². The number of pyridine rings is 1. The van der Waals surface area contributed by atoms with Gasteiger partial charge in [0.25, 0.3) is 0 Å². The first-order valence-corrected chi connectivity index (χ1v) is 9.29. The third kappa shape index (κ3) is 8.90. The molecule has 0 saturated carbocycles. The molecule has 0 unspecified atom stereocenters. The summed E-state index contributed by atoms with van der Waals surface area (Å²) in [6.45, 7) is 4.53. The molecule has 0 fully saturated rings. The fraction of sp³-hybridized carbons (Fsp3) is 0.300. The smallest absolute Gasteiger partial charge is 0.408 e. The van der Waals surface area contributed by atoms with Crippen LogP contribution in [0.3, 0.4) is 0 Å². The first-order chi connectivity index (χ1) is 14.6. The maximum Gasteiger partial charge on any atom is 0.408 e. The average Bonchev–Trinajstić information content (AvgIpc) is 2.67. The molecule has 1 aromatic heterocycles. The van der Waals surface area contributed by atoms with Gasteiger partial charge in [-0.2, -0.15) is 10.2 Å². The quantitative estimate of drug-likeness (QED) is 0.347. The van der Waals surface area contributed by atoms with Gasteiger partial charge in [-0.15, -0.1) is 0 Å². The number of para-hydroxylation sites is 1. The first-order valence-electron chi connectivity index (χ1n) is 9.29. The Morgan fingerprint density at radius 3 is 2.45 bits per heavy atom. The molecule has 0 saturated heterocycles. The van der Waals surface area contributed by atoms with Crippen molar-refractivity contribution in [3.8, 4) is 5.75 Å². The number of nitrogens with zero attached hydrogens (tertiary/aromatic N) is 3.